The summed E-state index contributed by atoms with van der Waals surface area (Å²) in [4.78, 5) is 16.3. The van der Waals surface area contributed by atoms with Gasteiger partial charge in [0.1, 0.15) is 11.2 Å². The number of pyridine rings is 1. The van der Waals surface area contributed by atoms with E-state index < -0.39 is 34.7 Å². The van der Waals surface area contributed by atoms with Gasteiger partial charge in [-0.05, 0) is 66.7 Å². The molecule has 0 spiro atoms. The molecule has 2 aromatic heterocycles. The monoisotopic (exact) mass is 442 g/mol. The van der Waals surface area contributed by atoms with Crippen LogP contribution in [0, 0.1) is 0 Å². The van der Waals surface area contributed by atoms with Crippen LogP contribution in [0.3, 0.4) is 0 Å². The van der Waals surface area contributed by atoms with Crippen molar-refractivity contribution in [2.24, 2.45) is 0 Å². The van der Waals surface area contributed by atoms with Crippen molar-refractivity contribution < 1.29 is 27.8 Å². The first-order valence-corrected chi connectivity index (χ1v) is 9.73. The Bertz CT molecular complexity index is 921. The lowest BCUT2D eigenvalue weighted by Gasteiger charge is -2.29. The van der Waals surface area contributed by atoms with Crippen molar-refractivity contribution in [3.05, 3.63) is 35.8 Å². The van der Waals surface area contributed by atoms with E-state index in [1.54, 1.807) is 60.6 Å². The highest BCUT2D eigenvalue weighted by molar-refractivity contribution is 5.68. The summed E-state index contributed by atoms with van der Waals surface area (Å²) < 4.78 is 46.4. The van der Waals surface area contributed by atoms with Crippen LogP contribution in [0.5, 0.6) is 0 Å². The predicted molar refractivity (Wildman–Crippen MR) is 109 cm³/mol. The molecule has 2 heterocycles. The number of nitrogens with zero attached hydrogens (tertiary/aromatic N) is 3. The highest BCUT2D eigenvalue weighted by Gasteiger charge is 2.36. The number of hydrogen-bond donors (Lipinski definition) is 2. The maximum atomic E-state index is 13.3. The third kappa shape index (κ3) is 6.95. The number of hydrogen-bond acceptors (Lipinski definition) is 5. The zero-order chi connectivity index (χ0) is 23.8. The molecule has 2 aromatic rings. The number of nitrogens with one attached hydrogen (secondary N) is 1. The number of alkyl halides is 3. The van der Waals surface area contributed by atoms with Crippen LogP contribution in [0.15, 0.2) is 24.4 Å². The fourth-order valence-corrected chi connectivity index (χ4v) is 2.81. The number of carbonyl (C=O) groups is 1. The van der Waals surface area contributed by atoms with Crippen LogP contribution >= 0.6 is 0 Å². The Labute approximate surface area is 179 Å². The summed E-state index contributed by atoms with van der Waals surface area (Å²) >= 11 is 0. The summed E-state index contributed by atoms with van der Waals surface area (Å²) in [6.45, 7) is 11.5. The third-order valence-electron chi connectivity index (χ3n) is 4.14. The molecule has 0 unspecified atom stereocenters. The summed E-state index contributed by atoms with van der Waals surface area (Å²) in [5, 5.41) is 16.4. The second-order valence-electron chi connectivity index (χ2n) is 9.57. The van der Waals surface area contributed by atoms with E-state index in [4.69, 9.17) is 4.74 Å². The molecule has 0 aliphatic carbocycles. The molecule has 172 valence electrons. The van der Waals surface area contributed by atoms with E-state index in [2.05, 4.69) is 15.4 Å². The van der Waals surface area contributed by atoms with Gasteiger partial charge >= 0.3 is 12.3 Å². The van der Waals surface area contributed by atoms with Crippen LogP contribution in [-0.2, 0) is 23.1 Å². The van der Waals surface area contributed by atoms with Crippen LogP contribution < -0.4 is 5.32 Å². The molecule has 1 amide bonds. The predicted octanol–water partition coefficient (Wildman–Crippen LogP) is 4.49. The van der Waals surface area contributed by atoms with Crippen LogP contribution in [-0.4, -0.2) is 37.1 Å². The summed E-state index contributed by atoms with van der Waals surface area (Å²) in [5.74, 6) is 0. The molecule has 0 saturated carbocycles. The van der Waals surface area contributed by atoms with Crippen molar-refractivity contribution in [1.29, 1.82) is 0 Å². The highest BCUT2D eigenvalue weighted by Crippen LogP contribution is 2.32. The Morgan fingerprint density at radius 3 is 2.16 bits per heavy atom. The van der Waals surface area contributed by atoms with Crippen LogP contribution in [0.25, 0.3) is 11.3 Å². The highest BCUT2D eigenvalue weighted by atomic mass is 19.4. The van der Waals surface area contributed by atoms with Crippen LogP contribution in [0.1, 0.15) is 59.9 Å². The molecule has 0 aromatic carbocycles. The van der Waals surface area contributed by atoms with Crippen LogP contribution in [0.4, 0.5) is 18.0 Å². The first-order chi connectivity index (χ1) is 13.9. The first kappa shape index (κ1) is 24.6. The van der Waals surface area contributed by atoms with Crippen LogP contribution in [0.2, 0.25) is 0 Å². The number of ether oxygens (including phenoxy) is 1. The second kappa shape index (κ2) is 8.14. The maximum Gasteiger partial charge on any atom is 0.435 e. The molecular weight excluding hydrogens is 413 g/mol. The van der Waals surface area contributed by atoms with Gasteiger partial charge in [-0.1, -0.05) is 0 Å². The van der Waals surface area contributed by atoms with Gasteiger partial charge in [0.05, 0.1) is 23.5 Å². The molecule has 0 aliphatic rings. The van der Waals surface area contributed by atoms with Crippen molar-refractivity contribution in [2.75, 3.05) is 0 Å². The lowest BCUT2D eigenvalue weighted by Crippen LogP contribution is -2.48. The van der Waals surface area contributed by atoms with Gasteiger partial charge in [0.25, 0.3) is 0 Å². The average molecular weight is 442 g/mol. The SMILES string of the molecule is CC(C)(Cn1nc(C(F)(F)F)cc1-c1ccc(C(C)(C)O)nc1)NC(=O)OC(C)(C)C. The number of rotatable bonds is 5. The zero-order valence-electron chi connectivity index (χ0n) is 18.8. The number of amides is 1. The van der Waals surface area contributed by atoms with Gasteiger partial charge in [-0.25, -0.2) is 4.79 Å². The summed E-state index contributed by atoms with van der Waals surface area (Å²) in [7, 11) is 0. The van der Waals surface area contributed by atoms with Gasteiger partial charge in [-0.2, -0.15) is 18.3 Å². The minimum Gasteiger partial charge on any atom is -0.444 e. The second-order valence-corrected chi connectivity index (χ2v) is 9.57. The van der Waals surface area contributed by atoms with E-state index in [-0.39, 0.29) is 12.2 Å². The Balaban J connectivity index is 2.38. The van der Waals surface area contributed by atoms with Gasteiger partial charge in [-0.15, -0.1) is 0 Å². The number of halogens is 3. The smallest absolute Gasteiger partial charge is 0.435 e. The number of carbonyl (C=O) groups excluding carboxylic acids is 1. The van der Waals surface area contributed by atoms with Crippen molar-refractivity contribution in [3.63, 3.8) is 0 Å². The van der Waals surface area contributed by atoms with Crippen molar-refractivity contribution in [3.8, 4) is 11.3 Å². The molecular formula is C21H29F3N4O3. The fraction of sp³-hybridized carbons (Fsp3) is 0.571. The lowest BCUT2D eigenvalue weighted by atomic mass is 10.0. The van der Waals surface area contributed by atoms with Gasteiger partial charge in [-0.3, -0.25) is 9.67 Å². The first-order valence-electron chi connectivity index (χ1n) is 9.73. The number of aliphatic hydroxyl groups is 1. The molecule has 0 fully saturated rings. The molecule has 0 aliphatic heterocycles. The molecule has 10 heteroatoms. The largest absolute Gasteiger partial charge is 0.444 e. The van der Waals surface area contributed by atoms with E-state index in [9.17, 15) is 23.1 Å². The minimum atomic E-state index is -4.64. The molecule has 2 N–H and O–H groups in total. The average Bonchev–Trinajstić information content (AvgIpc) is 2.94. The maximum absolute atomic E-state index is 13.3. The van der Waals surface area contributed by atoms with Gasteiger partial charge < -0.3 is 15.2 Å². The fourth-order valence-electron chi connectivity index (χ4n) is 2.81. The summed E-state index contributed by atoms with van der Waals surface area (Å²) in [6.07, 6.45) is -3.93. The van der Waals surface area contributed by atoms with E-state index in [1.807, 2.05) is 0 Å². The normalized spacial score (nSPS) is 13.3. The molecule has 0 atom stereocenters. The Kier molecular flexibility index (Phi) is 6.47. The van der Waals surface area contributed by atoms with E-state index in [0.717, 1.165) is 6.07 Å². The van der Waals surface area contributed by atoms with E-state index in [1.165, 1.54) is 10.9 Å². The Hall–Kier alpha value is -2.62. The molecule has 0 bridgehead atoms. The summed E-state index contributed by atoms with van der Waals surface area (Å²) in [6, 6.07) is 4.05. The standard InChI is InChI=1S/C21H29F3N4O3/c1-18(2,3)31-17(29)26-19(4,5)12-28-14(10-16(27-28)21(22,23)24)13-8-9-15(25-11-13)20(6,7)30/h8-11,30H,12H2,1-7H3,(H,26,29). The molecule has 0 saturated heterocycles. The van der Waals surface area contributed by atoms with Crippen molar-refractivity contribution in [1.82, 2.24) is 20.1 Å². The van der Waals surface area contributed by atoms with Crippen molar-refractivity contribution in [2.45, 2.75) is 77.9 Å². The topological polar surface area (TPSA) is 89.3 Å². The minimum absolute atomic E-state index is 0.0507. The van der Waals surface area contributed by atoms with E-state index in [0.29, 0.717) is 11.3 Å². The molecule has 7 nitrogen and oxygen atoms in total. The Morgan fingerprint density at radius 2 is 1.71 bits per heavy atom. The quantitative estimate of drug-likeness (QED) is 0.712. The molecule has 0 radical (unpaired) electrons. The zero-order valence-corrected chi connectivity index (χ0v) is 18.8. The third-order valence-corrected chi connectivity index (χ3v) is 4.14. The number of aromatic nitrogens is 3. The van der Waals surface area contributed by atoms with Gasteiger partial charge in [0.2, 0.25) is 0 Å². The molecule has 2 rings (SSSR count). The molecule has 31 heavy (non-hydrogen) atoms. The van der Waals surface area contributed by atoms with Gasteiger partial charge in [0, 0.05) is 11.8 Å². The Morgan fingerprint density at radius 1 is 1.10 bits per heavy atom. The summed E-state index contributed by atoms with van der Waals surface area (Å²) in [5.41, 5.74) is -2.96. The lowest BCUT2D eigenvalue weighted by molar-refractivity contribution is -0.141. The number of alkyl carbamates (subject to hydrolysis) is 1. The van der Waals surface area contributed by atoms with Crippen molar-refractivity contribution >= 4 is 6.09 Å². The van der Waals surface area contributed by atoms with E-state index >= 15 is 0 Å². The van der Waals surface area contributed by atoms with Gasteiger partial charge in [0.15, 0.2) is 5.69 Å².